The number of rotatable bonds is 3. The first kappa shape index (κ1) is 16.8. The maximum Gasteiger partial charge on any atom is 0.325 e. The number of carbonyl (C=O) groups excluding carboxylic acids is 2. The molecule has 2 aromatic heterocycles. The number of hydrogen-bond donors (Lipinski definition) is 2. The van der Waals surface area contributed by atoms with Crippen LogP contribution in [0.4, 0.5) is 10.5 Å². The molecule has 0 aliphatic carbocycles. The van der Waals surface area contributed by atoms with Crippen LogP contribution in [0.15, 0.2) is 40.8 Å². The molecule has 0 bridgehead atoms. The van der Waals surface area contributed by atoms with Gasteiger partial charge in [-0.2, -0.15) is 0 Å². The molecule has 0 saturated heterocycles. The van der Waals surface area contributed by atoms with E-state index >= 15 is 0 Å². The summed E-state index contributed by atoms with van der Waals surface area (Å²) >= 11 is 1.35. The second-order valence-corrected chi connectivity index (χ2v) is 6.53. The minimum absolute atomic E-state index is 0.280. The third kappa shape index (κ3) is 3.74. The van der Waals surface area contributed by atoms with Crippen molar-refractivity contribution in [2.24, 2.45) is 0 Å². The Kier molecular flexibility index (Phi) is 4.62. The third-order valence-corrected chi connectivity index (χ3v) is 4.47. The van der Waals surface area contributed by atoms with Crippen LogP contribution in [0.2, 0.25) is 0 Å². The molecule has 0 fully saturated rings. The number of urea groups is 1. The third-order valence-electron chi connectivity index (χ3n) is 3.65. The largest absolute Gasteiger partial charge is 0.325 e. The summed E-state index contributed by atoms with van der Waals surface area (Å²) in [7, 11) is 0. The van der Waals surface area contributed by atoms with E-state index in [2.05, 4.69) is 15.6 Å². The normalized spacial score (nSPS) is 10.6. The van der Waals surface area contributed by atoms with E-state index in [0.717, 1.165) is 11.1 Å². The number of anilines is 1. The van der Waals surface area contributed by atoms with E-state index in [1.54, 1.807) is 17.5 Å². The molecule has 0 spiro atoms. The smallest absolute Gasteiger partial charge is 0.307 e. The van der Waals surface area contributed by atoms with E-state index in [-0.39, 0.29) is 12.1 Å². The Balaban J connectivity index is 1.66. The average Bonchev–Trinajstić information content (AvgIpc) is 3.02. The fourth-order valence-electron chi connectivity index (χ4n) is 2.43. The van der Waals surface area contributed by atoms with Gasteiger partial charge in [0.1, 0.15) is 11.4 Å². The van der Waals surface area contributed by atoms with Crippen LogP contribution in [0, 0.1) is 13.8 Å². The zero-order valence-electron chi connectivity index (χ0n) is 13.7. The number of imide groups is 1. The van der Waals surface area contributed by atoms with Gasteiger partial charge < -0.3 is 5.32 Å². The molecule has 2 N–H and O–H groups in total. The highest BCUT2D eigenvalue weighted by Gasteiger charge is 2.12. The fourth-order valence-corrected chi connectivity index (χ4v) is 3.16. The molecule has 3 rings (SSSR count). The van der Waals surface area contributed by atoms with Crippen LogP contribution in [0.5, 0.6) is 0 Å². The zero-order chi connectivity index (χ0) is 18.0. The van der Waals surface area contributed by atoms with Gasteiger partial charge in [0.25, 0.3) is 5.56 Å². The van der Waals surface area contributed by atoms with Crippen molar-refractivity contribution >= 4 is 39.2 Å². The maximum atomic E-state index is 12.2. The molecule has 0 aliphatic heterocycles. The number of benzene rings is 1. The number of aryl methyl sites for hydroxylation is 2. The van der Waals surface area contributed by atoms with Gasteiger partial charge in [-0.15, -0.1) is 11.3 Å². The molecule has 8 heteroatoms. The number of nitrogens with one attached hydrogen (secondary N) is 2. The fraction of sp³-hybridized carbons (Fsp3) is 0.176. The van der Waals surface area contributed by atoms with Crippen molar-refractivity contribution in [3.8, 4) is 0 Å². The summed E-state index contributed by atoms with van der Waals surface area (Å²) in [5, 5.41) is 7.06. The summed E-state index contributed by atoms with van der Waals surface area (Å²) in [5.74, 6) is -0.597. The highest BCUT2D eigenvalue weighted by atomic mass is 32.1. The molecule has 1 aromatic carbocycles. The number of amides is 3. The van der Waals surface area contributed by atoms with E-state index in [1.807, 2.05) is 26.0 Å². The summed E-state index contributed by atoms with van der Waals surface area (Å²) < 4.78 is 1.18. The van der Waals surface area contributed by atoms with Gasteiger partial charge in [-0.1, -0.05) is 17.7 Å². The van der Waals surface area contributed by atoms with E-state index in [1.165, 1.54) is 22.2 Å². The molecule has 0 saturated carbocycles. The minimum Gasteiger partial charge on any atom is -0.307 e. The topological polar surface area (TPSA) is 93.1 Å². The molecular weight excluding hydrogens is 340 g/mol. The molecule has 0 aliphatic rings. The van der Waals surface area contributed by atoms with E-state index in [0.29, 0.717) is 15.9 Å². The van der Waals surface area contributed by atoms with Crippen molar-refractivity contribution in [3.05, 3.63) is 57.5 Å². The molecule has 0 radical (unpaired) electrons. The quantitative estimate of drug-likeness (QED) is 0.754. The van der Waals surface area contributed by atoms with Gasteiger partial charge in [0.05, 0.1) is 11.7 Å². The number of thiophene rings is 1. The minimum atomic E-state index is -0.644. The lowest BCUT2D eigenvalue weighted by Gasteiger charge is -2.10. The van der Waals surface area contributed by atoms with Gasteiger partial charge in [-0.3, -0.25) is 19.5 Å². The molecule has 3 aromatic rings. The van der Waals surface area contributed by atoms with Crippen LogP contribution in [-0.2, 0) is 11.3 Å². The van der Waals surface area contributed by atoms with Crippen LogP contribution in [0.25, 0.3) is 10.2 Å². The van der Waals surface area contributed by atoms with Crippen LogP contribution >= 0.6 is 11.3 Å². The zero-order valence-corrected chi connectivity index (χ0v) is 14.5. The van der Waals surface area contributed by atoms with Crippen LogP contribution in [0.1, 0.15) is 11.1 Å². The Morgan fingerprint density at radius 1 is 1.24 bits per heavy atom. The van der Waals surface area contributed by atoms with Crippen molar-refractivity contribution in [1.82, 2.24) is 14.9 Å². The van der Waals surface area contributed by atoms with Gasteiger partial charge in [0, 0.05) is 5.69 Å². The summed E-state index contributed by atoms with van der Waals surface area (Å²) in [6.07, 6.45) is 1.31. The van der Waals surface area contributed by atoms with Crippen LogP contribution in [0.3, 0.4) is 0 Å². The first-order valence-corrected chi connectivity index (χ1v) is 8.43. The van der Waals surface area contributed by atoms with Crippen molar-refractivity contribution in [1.29, 1.82) is 0 Å². The molecule has 3 amide bonds. The van der Waals surface area contributed by atoms with Gasteiger partial charge in [-0.25, -0.2) is 9.78 Å². The SMILES string of the molecule is Cc1ccc(NC(=O)NC(=O)Cn2cnc3sccc3c2=O)c(C)c1. The first-order valence-electron chi connectivity index (χ1n) is 7.55. The Morgan fingerprint density at radius 2 is 2.04 bits per heavy atom. The maximum absolute atomic E-state index is 12.2. The van der Waals surface area contributed by atoms with Crippen molar-refractivity contribution in [2.45, 2.75) is 20.4 Å². The Morgan fingerprint density at radius 3 is 2.80 bits per heavy atom. The first-order chi connectivity index (χ1) is 11.9. The highest BCUT2D eigenvalue weighted by Crippen LogP contribution is 2.15. The summed E-state index contributed by atoms with van der Waals surface area (Å²) in [5.41, 5.74) is 2.28. The molecular formula is C17H16N4O3S. The molecule has 128 valence electrons. The summed E-state index contributed by atoms with van der Waals surface area (Å²) in [6.45, 7) is 3.54. The van der Waals surface area contributed by atoms with Gasteiger partial charge in [0.15, 0.2) is 0 Å². The number of nitrogens with zero attached hydrogens (tertiary/aromatic N) is 2. The van der Waals surface area contributed by atoms with Gasteiger partial charge in [-0.05, 0) is 36.9 Å². The lowest BCUT2D eigenvalue weighted by Crippen LogP contribution is -2.38. The van der Waals surface area contributed by atoms with Crippen LogP contribution in [-0.4, -0.2) is 21.5 Å². The Bertz CT molecular complexity index is 1020. The Labute approximate surface area is 147 Å². The second-order valence-electron chi connectivity index (χ2n) is 5.64. The van der Waals surface area contributed by atoms with E-state index < -0.39 is 11.9 Å². The number of aromatic nitrogens is 2. The van der Waals surface area contributed by atoms with Crippen molar-refractivity contribution in [2.75, 3.05) is 5.32 Å². The second kappa shape index (κ2) is 6.86. The monoisotopic (exact) mass is 356 g/mol. The number of hydrogen-bond acceptors (Lipinski definition) is 5. The standard InChI is InChI=1S/C17H16N4O3S/c1-10-3-4-13(11(2)7-10)19-17(24)20-14(22)8-21-9-18-15-12(16(21)23)5-6-25-15/h3-7,9H,8H2,1-2H3,(H2,19,20,22,24). The molecule has 7 nitrogen and oxygen atoms in total. The molecule has 2 heterocycles. The number of fused-ring (bicyclic) bond motifs is 1. The lowest BCUT2D eigenvalue weighted by molar-refractivity contribution is -0.120. The van der Waals surface area contributed by atoms with Gasteiger partial charge >= 0.3 is 6.03 Å². The summed E-state index contributed by atoms with van der Waals surface area (Å²) in [4.78, 5) is 41.0. The van der Waals surface area contributed by atoms with E-state index in [9.17, 15) is 14.4 Å². The molecule has 25 heavy (non-hydrogen) atoms. The Hall–Kier alpha value is -3.00. The van der Waals surface area contributed by atoms with Gasteiger partial charge in [0.2, 0.25) is 5.91 Å². The molecule has 0 unspecified atom stereocenters. The number of carbonyl (C=O) groups is 2. The highest BCUT2D eigenvalue weighted by molar-refractivity contribution is 7.16. The van der Waals surface area contributed by atoms with E-state index in [4.69, 9.17) is 0 Å². The van der Waals surface area contributed by atoms with Crippen molar-refractivity contribution < 1.29 is 9.59 Å². The predicted molar refractivity (Wildman–Crippen MR) is 97.0 cm³/mol. The van der Waals surface area contributed by atoms with Crippen molar-refractivity contribution in [3.63, 3.8) is 0 Å². The molecule has 0 atom stereocenters. The van der Waals surface area contributed by atoms with Crippen LogP contribution < -0.4 is 16.2 Å². The lowest BCUT2D eigenvalue weighted by atomic mass is 10.1. The average molecular weight is 356 g/mol. The predicted octanol–water partition coefficient (Wildman–Crippen LogP) is 2.42. The summed E-state index contributed by atoms with van der Waals surface area (Å²) in [6, 6.07) is 6.59.